The van der Waals surface area contributed by atoms with Gasteiger partial charge in [-0.1, -0.05) is 17.7 Å². The van der Waals surface area contributed by atoms with Gasteiger partial charge in [-0.05, 0) is 54.6 Å². The number of thiophene rings is 1. The van der Waals surface area contributed by atoms with E-state index in [0.29, 0.717) is 20.7 Å². The molecule has 154 valence electrons. The second-order valence-electron chi connectivity index (χ2n) is 6.43. The maximum absolute atomic E-state index is 13.0. The summed E-state index contributed by atoms with van der Waals surface area (Å²) < 4.78 is 53.6. The summed E-state index contributed by atoms with van der Waals surface area (Å²) in [6.45, 7) is 2.91. The van der Waals surface area contributed by atoms with Crippen molar-refractivity contribution in [2.45, 2.75) is 23.0 Å². The number of nitrogens with one attached hydrogen (secondary N) is 1. The first-order chi connectivity index (χ1) is 13.3. The molecule has 2 aromatic carbocycles. The zero-order valence-electron chi connectivity index (χ0n) is 16.4. The van der Waals surface area contributed by atoms with Crippen molar-refractivity contribution in [1.29, 1.82) is 0 Å². The van der Waals surface area contributed by atoms with Crippen LogP contribution in [-0.2, 0) is 19.9 Å². The van der Waals surface area contributed by atoms with Crippen LogP contribution in [0.3, 0.4) is 0 Å². The predicted molar refractivity (Wildman–Crippen MR) is 111 cm³/mol. The van der Waals surface area contributed by atoms with Gasteiger partial charge in [-0.25, -0.2) is 16.8 Å². The van der Waals surface area contributed by atoms with E-state index < -0.39 is 30.7 Å². The van der Waals surface area contributed by atoms with Crippen molar-refractivity contribution < 1.29 is 56.3 Å². The van der Waals surface area contributed by atoms with Crippen LogP contribution in [0.15, 0.2) is 39.4 Å². The van der Waals surface area contributed by atoms with Crippen molar-refractivity contribution in [3.63, 3.8) is 0 Å². The summed E-state index contributed by atoms with van der Waals surface area (Å²) in [7, 11) is -8.10. The van der Waals surface area contributed by atoms with Gasteiger partial charge >= 0.3 is 29.6 Å². The molecule has 12 heteroatoms. The number of carbonyl (C=O) groups is 1. The number of sulfone groups is 1. The largest absolute Gasteiger partial charge is 1.00 e. The summed E-state index contributed by atoms with van der Waals surface area (Å²) in [6.07, 6.45) is 0.874. The van der Waals surface area contributed by atoms with E-state index in [4.69, 9.17) is 11.6 Å². The molecule has 30 heavy (non-hydrogen) atoms. The quantitative estimate of drug-likeness (QED) is 0.487. The van der Waals surface area contributed by atoms with E-state index >= 15 is 0 Å². The van der Waals surface area contributed by atoms with Crippen molar-refractivity contribution in [3.05, 3.63) is 52.0 Å². The van der Waals surface area contributed by atoms with Gasteiger partial charge in [0.05, 0.1) is 16.6 Å². The summed E-state index contributed by atoms with van der Waals surface area (Å²) in [5.41, 5.74) is -0.192. The Balaban J connectivity index is 0.00000320. The van der Waals surface area contributed by atoms with Crippen LogP contribution in [0.2, 0.25) is 5.02 Å². The first-order valence-electron chi connectivity index (χ1n) is 8.09. The molecule has 0 saturated heterocycles. The summed E-state index contributed by atoms with van der Waals surface area (Å²) in [5, 5.41) is 12.4. The van der Waals surface area contributed by atoms with E-state index in [9.17, 15) is 26.7 Å². The van der Waals surface area contributed by atoms with Crippen molar-refractivity contribution in [3.8, 4) is 0 Å². The molecule has 0 atom stereocenters. The molecular formula is C18H15ClNNaO6S3. The van der Waals surface area contributed by atoms with Crippen LogP contribution in [0.4, 0.5) is 5.69 Å². The van der Waals surface area contributed by atoms with E-state index in [-0.39, 0.29) is 50.6 Å². The van der Waals surface area contributed by atoms with Crippen LogP contribution >= 0.6 is 22.9 Å². The van der Waals surface area contributed by atoms with Gasteiger partial charge in [0.1, 0.15) is 4.21 Å². The van der Waals surface area contributed by atoms with Gasteiger partial charge in [0.15, 0.2) is 9.84 Å². The number of aryl methyl sites for hydroxylation is 1. The Labute approximate surface area is 205 Å². The third-order valence-electron chi connectivity index (χ3n) is 4.34. The molecule has 0 spiro atoms. The van der Waals surface area contributed by atoms with E-state index in [1.165, 1.54) is 6.92 Å². The molecule has 0 bridgehead atoms. The number of rotatable bonds is 5. The standard InChI is InChI=1S/C18H16ClNO6S3.Na/c1-9-12(17(21)22)5-6-14(16(9)28(3,23)24)20-29(25,26)18-10(2)13-8-11(19)4-7-15(13)27-18;/h4-8,20H,1-3H3,(H,21,22);/q;+1/p-1. The number of aromatic carboxylic acids is 1. The molecule has 0 aliphatic rings. The molecule has 0 aliphatic carbocycles. The maximum Gasteiger partial charge on any atom is 1.00 e. The molecule has 0 saturated carbocycles. The number of carbonyl (C=O) groups excluding carboxylic acids is 1. The van der Waals surface area contributed by atoms with Crippen molar-refractivity contribution in [2.24, 2.45) is 0 Å². The SMILES string of the molecule is Cc1c(C(=O)[O-])ccc(NS(=O)(=O)c2sc3ccc(Cl)cc3c2C)c1S(C)(=O)=O.[Na+]. The van der Waals surface area contributed by atoms with E-state index in [0.717, 1.165) is 29.7 Å². The Bertz CT molecular complexity index is 1380. The number of carboxylic acids is 1. The number of halogens is 1. The van der Waals surface area contributed by atoms with Gasteiger partial charge in [0.25, 0.3) is 10.0 Å². The zero-order chi connectivity index (χ0) is 21.7. The van der Waals surface area contributed by atoms with E-state index in [1.54, 1.807) is 25.1 Å². The van der Waals surface area contributed by atoms with Crippen LogP contribution in [-0.4, -0.2) is 29.1 Å². The van der Waals surface area contributed by atoms with Gasteiger partial charge in [-0.3, -0.25) is 4.72 Å². The maximum atomic E-state index is 13.0. The van der Waals surface area contributed by atoms with Gasteiger partial charge in [0, 0.05) is 21.5 Å². The van der Waals surface area contributed by atoms with Gasteiger partial charge in [-0.2, -0.15) is 0 Å². The topological polar surface area (TPSA) is 120 Å². The van der Waals surface area contributed by atoms with Crippen LogP contribution < -0.4 is 39.4 Å². The second kappa shape index (κ2) is 8.78. The number of carboxylic acid groups (broad SMARTS) is 1. The van der Waals surface area contributed by atoms with Crippen molar-refractivity contribution >= 4 is 64.5 Å². The molecule has 0 amide bonds. The number of hydrogen-bond acceptors (Lipinski definition) is 7. The third kappa shape index (κ3) is 4.69. The first kappa shape index (κ1) is 25.1. The molecule has 0 fully saturated rings. The summed E-state index contributed by atoms with van der Waals surface area (Å²) in [6, 6.07) is 7.21. The molecular weight excluding hydrogens is 481 g/mol. The molecule has 1 N–H and O–H groups in total. The average Bonchev–Trinajstić information content (AvgIpc) is 2.90. The Hall–Kier alpha value is -1.14. The van der Waals surface area contributed by atoms with E-state index in [2.05, 4.69) is 4.72 Å². The molecule has 3 aromatic rings. The minimum Gasteiger partial charge on any atom is -0.545 e. The Morgan fingerprint density at radius 3 is 2.27 bits per heavy atom. The van der Waals surface area contributed by atoms with Crippen LogP contribution in [0.1, 0.15) is 21.5 Å². The van der Waals surface area contributed by atoms with Crippen LogP contribution in [0.25, 0.3) is 10.1 Å². The molecule has 1 heterocycles. The molecule has 3 rings (SSSR count). The molecule has 1 aromatic heterocycles. The van der Waals surface area contributed by atoms with Crippen molar-refractivity contribution in [1.82, 2.24) is 0 Å². The first-order valence-corrected chi connectivity index (χ1v) is 12.7. The smallest absolute Gasteiger partial charge is 0.545 e. The normalized spacial score (nSPS) is 11.9. The third-order valence-corrected chi connectivity index (χ3v) is 9.10. The van der Waals surface area contributed by atoms with Gasteiger partial charge in [0.2, 0.25) is 0 Å². The fourth-order valence-corrected chi connectivity index (χ4v) is 7.33. The van der Waals surface area contributed by atoms with Crippen molar-refractivity contribution in [2.75, 3.05) is 11.0 Å². The number of hydrogen-bond donors (Lipinski definition) is 1. The Kier molecular flexibility index (Phi) is 7.35. The number of benzene rings is 2. The minimum atomic E-state index is -4.15. The summed E-state index contributed by atoms with van der Waals surface area (Å²) in [4.78, 5) is 10.8. The molecule has 0 aliphatic heterocycles. The fraction of sp³-hybridized carbons (Fsp3) is 0.167. The number of fused-ring (bicyclic) bond motifs is 1. The zero-order valence-corrected chi connectivity index (χ0v) is 21.6. The van der Waals surface area contributed by atoms with E-state index in [1.807, 2.05) is 0 Å². The molecule has 0 unspecified atom stereocenters. The minimum absolute atomic E-state index is 0. The molecule has 7 nitrogen and oxygen atoms in total. The monoisotopic (exact) mass is 495 g/mol. The Morgan fingerprint density at radius 2 is 1.70 bits per heavy atom. The molecule has 0 radical (unpaired) electrons. The van der Waals surface area contributed by atoms with Gasteiger partial charge in [-0.15, -0.1) is 11.3 Å². The number of sulfonamides is 1. The second-order valence-corrected chi connectivity index (χ2v) is 11.8. The van der Waals surface area contributed by atoms with Crippen LogP contribution in [0, 0.1) is 13.8 Å². The number of anilines is 1. The predicted octanol–water partition coefficient (Wildman–Crippen LogP) is -0.257. The fourth-order valence-electron chi connectivity index (χ4n) is 3.09. The van der Waals surface area contributed by atoms with Gasteiger partial charge < -0.3 is 9.90 Å². The summed E-state index contributed by atoms with van der Waals surface area (Å²) >= 11 is 7.01. The average molecular weight is 496 g/mol. The summed E-state index contributed by atoms with van der Waals surface area (Å²) in [5.74, 6) is -1.56. The Morgan fingerprint density at radius 1 is 1.07 bits per heavy atom. The van der Waals surface area contributed by atoms with Crippen LogP contribution in [0.5, 0.6) is 0 Å².